The molecule has 6 nitrogen and oxygen atoms in total. The summed E-state index contributed by atoms with van der Waals surface area (Å²) in [5.74, 6) is 1.36. The molecule has 4 rings (SSSR count). The van der Waals surface area contributed by atoms with Gasteiger partial charge in [0.2, 0.25) is 0 Å². The van der Waals surface area contributed by atoms with Crippen molar-refractivity contribution in [2.24, 2.45) is 0 Å². The van der Waals surface area contributed by atoms with Crippen LogP contribution in [0.1, 0.15) is 5.69 Å². The van der Waals surface area contributed by atoms with Crippen molar-refractivity contribution in [2.75, 3.05) is 14.2 Å². The molecule has 0 fully saturated rings. The molecule has 0 radical (unpaired) electrons. The lowest BCUT2D eigenvalue weighted by Crippen LogP contribution is -1.92. The summed E-state index contributed by atoms with van der Waals surface area (Å²) in [4.78, 5) is 8.94. The van der Waals surface area contributed by atoms with Crippen LogP contribution in [0.25, 0.3) is 32.5 Å². The number of nitrogens with zero attached hydrogens (tertiary/aromatic N) is 2. The first-order chi connectivity index (χ1) is 11.6. The second-order valence-electron chi connectivity index (χ2n) is 5.29. The van der Waals surface area contributed by atoms with Gasteiger partial charge in [0.25, 0.3) is 0 Å². The van der Waals surface area contributed by atoms with E-state index in [-0.39, 0.29) is 0 Å². The predicted octanol–water partition coefficient (Wildman–Crippen LogP) is 4.22. The highest BCUT2D eigenvalue weighted by Gasteiger charge is 2.18. The average Bonchev–Trinajstić information content (AvgIpc) is 3.14. The van der Waals surface area contributed by atoms with Gasteiger partial charge in [-0.05, 0) is 36.8 Å². The van der Waals surface area contributed by atoms with Crippen LogP contribution in [0.15, 0.2) is 18.2 Å². The van der Waals surface area contributed by atoms with Crippen LogP contribution in [-0.2, 0) is 0 Å². The predicted molar refractivity (Wildman–Crippen MR) is 97.7 cm³/mol. The Balaban J connectivity index is 2.13. The molecule has 8 heteroatoms. The Morgan fingerprint density at radius 1 is 1.08 bits per heavy atom. The third-order valence-corrected chi connectivity index (χ3v) is 5.13. The first-order valence-electron chi connectivity index (χ1n) is 7.22. The van der Waals surface area contributed by atoms with Crippen LogP contribution in [-0.4, -0.2) is 34.4 Å². The van der Waals surface area contributed by atoms with Gasteiger partial charge in [-0.15, -0.1) is 11.3 Å². The fraction of sp³-hybridized carbons (Fsp3) is 0.188. The highest BCUT2D eigenvalue weighted by Crippen LogP contribution is 2.40. The minimum absolute atomic E-state index is 0.577. The number of hydrogen-bond donors (Lipinski definition) is 2. The highest BCUT2D eigenvalue weighted by molar-refractivity contribution is 7.73. The largest absolute Gasteiger partial charge is 0.493 e. The number of aromatic amines is 2. The molecule has 0 atom stereocenters. The molecule has 0 amide bonds. The number of nitrogens with one attached hydrogen (secondary N) is 2. The number of H-pyrrole nitrogens is 2. The molecule has 122 valence electrons. The molecular weight excluding hydrogens is 344 g/mol. The van der Waals surface area contributed by atoms with Crippen molar-refractivity contribution in [3.05, 3.63) is 27.8 Å². The van der Waals surface area contributed by atoms with Gasteiger partial charge in [-0.3, -0.25) is 5.10 Å². The van der Waals surface area contributed by atoms with E-state index in [4.69, 9.17) is 21.7 Å². The van der Waals surface area contributed by atoms with Crippen molar-refractivity contribution in [1.29, 1.82) is 0 Å². The summed E-state index contributed by atoms with van der Waals surface area (Å²) in [5.41, 5.74) is 4.45. The van der Waals surface area contributed by atoms with Crippen LogP contribution in [0.4, 0.5) is 0 Å². The van der Waals surface area contributed by atoms with Gasteiger partial charge in [-0.25, -0.2) is 9.97 Å². The SMILES string of the molecule is COc1ccc(-c2c3sc(=S)nc3nc3[nH][nH]c(C)c23)cc1OC. The zero-order valence-corrected chi connectivity index (χ0v) is 14.9. The van der Waals surface area contributed by atoms with Crippen LogP contribution in [0.5, 0.6) is 11.5 Å². The molecule has 0 aliphatic rings. The first-order valence-corrected chi connectivity index (χ1v) is 8.44. The molecular formula is C16H14N4O2S2. The van der Waals surface area contributed by atoms with E-state index in [0.29, 0.717) is 21.1 Å². The quantitative estimate of drug-likeness (QED) is 0.536. The lowest BCUT2D eigenvalue weighted by molar-refractivity contribution is 0.355. The monoisotopic (exact) mass is 358 g/mol. The maximum atomic E-state index is 5.45. The lowest BCUT2D eigenvalue weighted by atomic mass is 10.0. The van der Waals surface area contributed by atoms with Gasteiger partial charge in [0.1, 0.15) is 0 Å². The number of pyridine rings is 1. The van der Waals surface area contributed by atoms with E-state index in [0.717, 1.165) is 32.6 Å². The zero-order chi connectivity index (χ0) is 16.8. The summed E-state index contributed by atoms with van der Waals surface area (Å²) < 4.78 is 12.3. The molecule has 3 heterocycles. The van der Waals surface area contributed by atoms with Crippen LogP contribution in [0.2, 0.25) is 0 Å². The summed E-state index contributed by atoms with van der Waals surface area (Å²) in [6.07, 6.45) is 0. The van der Waals surface area contributed by atoms with E-state index in [2.05, 4.69) is 20.2 Å². The van der Waals surface area contributed by atoms with E-state index in [1.807, 2.05) is 25.1 Å². The third-order valence-electron chi connectivity index (χ3n) is 3.94. The molecule has 0 aliphatic heterocycles. The van der Waals surface area contributed by atoms with Gasteiger partial charge in [0, 0.05) is 16.6 Å². The van der Waals surface area contributed by atoms with E-state index >= 15 is 0 Å². The Morgan fingerprint density at radius 3 is 2.62 bits per heavy atom. The topological polar surface area (TPSA) is 75.8 Å². The van der Waals surface area contributed by atoms with Crippen LogP contribution in [0, 0.1) is 10.9 Å². The van der Waals surface area contributed by atoms with Crippen molar-refractivity contribution in [3.63, 3.8) is 0 Å². The number of aromatic nitrogens is 4. The fourth-order valence-corrected chi connectivity index (χ4v) is 4.01. The number of ether oxygens (including phenoxy) is 2. The second kappa shape index (κ2) is 5.57. The Bertz CT molecular complexity index is 1130. The second-order valence-corrected chi connectivity index (χ2v) is 6.93. The van der Waals surface area contributed by atoms with Crippen LogP contribution in [0.3, 0.4) is 0 Å². The van der Waals surface area contributed by atoms with Gasteiger partial charge in [0.15, 0.2) is 26.7 Å². The molecule has 0 saturated carbocycles. The lowest BCUT2D eigenvalue weighted by Gasteiger charge is -2.11. The van der Waals surface area contributed by atoms with Crippen molar-refractivity contribution < 1.29 is 9.47 Å². The molecule has 24 heavy (non-hydrogen) atoms. The third kappa shape index (κ3) is 2.18. The summed E-state index contributed by atoms with van der Waals surface area (Å²) >= 11 is 6.73. The van der Waals surface area contributed by atoms with Gasteiger partial charge < -0.3 is 14.6 Å². The number of hydrogen-bond acceptors (Lipinski definition) is 6. The van der Waals surface area contributed by atoms with E-state index < -0.39 is 0 Å². The molecule has 0 spiro atoms. The Hall–Kier alpha value is -2.45. The maximum Gasteiger partial charge on any atom is 0.183 e. The fourth-order valence-electron chi connectivity index (χ4n) is 2.86. The number of aryl methyl sites for hydroxylation is 1. The highest BCUT2D eigenvalue weighted by atomic mass is 32.1. The smallest absolute Gasteiger partial charge is 0.183 e. The number of methoxy groups -OCH3 is 2. The summed E-state index contributed by atoms with van der Waals surface area (Å²) in [5, 5.41) is 7.24. The van der Waals surface area contributed by atoms with E-state index in [9.17, 15) is 0 Å². The minimum atomic E-state index is 0.577. The molecule has 0 bridgehead atoms. The standard InChI is InChI=1S/C16H14N4O2S2/c1-7-11-12(8-4-5-9(21-2)10(6-8)22-3)13-15(18-16(23)24-13)17-14(11)20-19-7/h4-6H,1-3H3,(H2,17,18,19,20,23). The van der Waals surface area contributed by atoms with E-state index in [1.165, 1.54) is 11.3 Å². The van der Waals surface area contributed by atoms with Gasteiger partial charge in [-0.1, -0.05) is 6.07 Å². The average molecular weight is 358 g/mol. The van der Waals surface area contributed by atoms with Crippen molar-refractivity contribution >= 4 is 44.9 Å². The molecule has 3 aromatic heterocycles. The molecule has 4 aromatic rings. The van der Waals surface area contributed by atoms with Gasteiger partial charge in [0.05, 0.1) is 18.9 Å². The van der Waals surface area contributed by atoms with E-state index in [1.54, 1.807) is 14.2 Å². The summed E-state index contributed by atoms with van der Waals surface area (Å²) in [6.45, 7) is 2.01. The number of thiazole rings is 1. The number of fused-ring (bicyclic) bond motifs is 2. The first kappa shape index (κ1) is 15.1. The number of rotatable bonds is 3. The normalized spacial score (nSPS) is 11.3. The zero-order valence-electron chi connectivity index (χ0n) is 13.3. The Morgan fingerprint density at radius 2 is 1.88 bits per heavy atom. The maximum absolute atomic E-state index is 5.45. The summed E-state index contributed by atoms with van der Waals surface area (Å²) in [6, 6.07) is 5.86. The Labute approximate surface area is 146 Å². The minimum Gasteiger partial charge on any atom is -0.493 e. The number of benzene rings is 1. The van der Waals surface area contributed by atoms with Gasteiger partial charge in [-0.2, -0.15) is 0 Å². The van der Waals surface area contributed by atoms with Crippen molar-refractivity contribution in [2.45, 2.75) is 6.92 Å². The van der Waals surface area contributed by atoms with Crippen LogP contribution < -0.4 is 9.47 Å². The molecule has 2 N–H and O–H groups in total. The van der Waals surface area contributed by atoms with Crippen molar-refractivity contribution in [3.8, 4) is 22.6 Å². The molecule has 0 saturated heterocycles. The summed E-state index contributed by atoms with van der Waals surface area (Å²) in [7, 11) is 3.25. The molecule has 0 aliphatic carbocycles. The van der Waals surface area contributed by atoms with Gasteiger partial charge >= 0.3 is 0 Å². The van der Waals surface area contributed by atoms with Crippen LogP contribution >= 0.6 is 23.6 Å². The molecule has 0 unspecified atom stereocenters. The Kier molecular flexibility index (Phi) is 3.50. The molecule has 1 aromatic carbocycles. The van der Waals surface area contributed by atoms with Crippen molar-refractivity contribution in [1.82, 2.24) is 20.2 Å².